The van der Waals surface area contributed by atoms with E-state index >= 15 is 0 Å². The molecule has 0 bridgehead atoms. The van der Waals surface area contributed by atoms with Crippen molar-refractivity contribution >= 4 is 5.78 Å². The molecule has 0 spiro atoms. The number of nitrogens with zero attached hydrogens (tertiary/aromatic N) is 2. The molecule has 2 N–H and O–H groups in total. The summed E-state index contributed by atoms with van der Waals surface area (Å²) in [5.41, 5.74) is 8.76. The zero-order valence-corrected chi connectivity index (χ0v) is 18.3. The largest absolute Gasteiger partial charge is 0.490 e. The normalized spacial score (nSPS) is 17.5. The molecule has 0 fully saturated rings. The predicted octanol–water partition coefficient (Wildman–Crippen LogP) is 4.35. The molecule has 0 saturated heterocycles. The van der Waals surface area contributed by atoms with Gasteiger partial charge in [0.2, 0.25) is 5.88 Å². The van der Waals surface area contributed by atoms with Gasteiger partial charge in [-0.2, -0.15) is 10.5 Å². The van der Waals surface area contributed by atoms with Gasteiger partial charge >= 0.3 is 0 Å². The SMILES string of the molecule is CCOc1cc([C@@H]2C(C#N)=C(N)OC3=C2C(=O)CCC3)ccc1OCc1ccccc1C#N. The number of hydrogen-bond acceptors (Lipinski definition) is 7. The summed E-state index contributed by atoms with van der Waals surface area (Å²) in [6.45, 7) is 2.46. The van der Waals surface area contributed by atoms with Crippen molar-refractivity contribution in [3.05, 3.63) is 81.9 Å². The Morgan fingerprint density at radius 3 is 2.67 bits per heavy atom. The number of carbonyl (C=O) groups is 1. The average molecular weight is 441 g/mol. The molecule has 0 unspecified atom stereocenters. The van der Waals surface area contributed by atoms with E-state index in [4.69, 9.17) is 19.9 Å². The van der Waals surface area contributed by atoms with Crippen molar-refractivity contribution in [1.29, 1.82) is 10.5 Å². The molecule has 166 valence electrons. The average Bonchev–Trinajstić information content (AvgIpc) is 2.83. The van der Waals surface area contributed by atoms with Crippen LogP contribution in [-0.4, -0.2) is 12.4 Å². The molecule has 1 atom stereocenters. The second-order valence-electron chi connectivity index (χ2n) is 7.74. The molecule has 4 rings (SSSR count). The number of carbonyl (C=O) groups excluding carboxylic acids is 1. The van der Waals surface area contributed by atoms with Crippen molar-refractivity contribution in [3.63, 3.8) is 0 Å². The molecule has 2 aromatic rings. The fourth-order valence-corrected chi connectivity index (χ4v) is 4.19. The summed E-state index contributed by atoms with van der Waals surface area (Å²) < 4.78 is 17.4. The van der Waals surface area contributed by atoms with Gasteiger partial charge in [-0.25, -0.2) is 0 Å². The number of ketones is 1. The summed E-state index contributed by atoms with van der Waals surface area (Å²) in [5, 5.41) is 19.1. The minimum Gasteiger partial charge on any atom is -0.490 e. The topological polar surface area (TPSA) is 118 Å². The molecule has 0 amide bonds. The van der Waals surface area contributed by atoms with Crippen molar-refractivity contribution in [1.82, 2.24) is 0 Å². The van der Waals surface area contributed by atoms with Gasteiger partial charge < -0.3 is 19.9 Å². The third-order valence-electron chi connectivity index (χ3n) is 5.73. The summed E-state index contributed by atoms with van der Waals surface area (Å²) in [7, 11) is 0. The van der Waals surface area contributed by atoms with Crippen LogP contribution in [0.1, 0.15) is 48.8 Å². The van der Waals surface area contributed by atoms with E-state index in [9.17, 15) is 15.3 Å². The third kappa shape index (κ3) is 4.26. The Kier molecular flexibility index (Phi) is 6.33. The Morgan fingerprint density at radius 1 is 1.09 bits per heavy atom. The van der Waals surface area contributed by atoms with Crippen LogP contribution in [0.2, 0.25) is 0 Å². The zero-order valence-electron chi connectivity index (χ0n) is 18.3. The van der Waals surface area contributed by atoms with Crippen molar-refractivity contribution in [2.45, 2.75) is 38.7 Å². The molecule has 1 aliphatic carbocycles. The lowest BCUT2D eigenvalue weighted by molar-refractivity contribution is -0.116. The van der Waals surface area contributed by atoms with Crippen molar-refractivity contribution in [3.8, 4) is 23.6 Å². The molecule has 1 aliphatic heterocycles. The lowest BCUT2D eigenvalue weighted by atomic mass is 9.77. The van der Waals surface area contributed by atoms with E-state index < -0.39 is 5.92 Å². The predicted molar refractivity (Wildman–Crippen MR) is 120 cm³/mol. The van der Waals surface area contributed by atoms with Gasteiger partial charge in [-0.1, -0.05) is 24.3 Å². The van der Waals surface area contributed by atoms with Gasteiger partial charge in [0.1, 0.15) is 24.0 Å². The molecular weight excluding hydrogens is 418 g/mol. The molecule has 0 aromatic heterocycles. The molecular formula is C26H23N3O4. The lowest BCUT2D eigenvalue weighted by Gasteiger charge is -2.31. The minimum atomic E-state index is -0.612. The summed E-state index contributed by atoms with van der Waals surface area (Å²) in [6, 6.07) is 16.9. The molecule has 2 aliphatic rings. The highest BCUT2D eigenvalue weighted by Gasteiger charge is 2.38. The third-order valence-corrected chi connectivity index (χ3v) is 5.73. The fourth-order valence-electron chi connectivity index (χ4n) is 4.19. The minimum absolute atomic E-state index is 0.0300. The first-order chi connectivity index (χ1) is 16.1. The number of hydrogen-bond donors (Lipinski definition) is 1. The van der Waals surface area contributed by atoms with Gasteiger partial charge in [-0.15, -0.1) is 0 Å². The second-order valence-corrected chi connectivity index (χ2v) is 7.74. The van der Waals surface area contributed by atoms with Crippen molar-refractivity contribution < 1.29 is 19.0 Å². The smallest absolute Gasteiger partial charge is 0.205 e. The Bertz CT molecular complexity index is 1250. The van der Waals surface area contributed by atoms with E-state index in [-0.39, 0.29) is 23.8 Å². The van der Waals surface area contributed by atoms with E-state index in [1.807, 2.05) is 19.1 Å². The summed E-state index contributed by atoms with van der Waals surface area (Å²) in [6.07, 6.45) is 1.71. The zero-order chi connectivity index (χ0) is 23.4. The maximum atomic E-state index is 12.8. The van der Waals surface area contributed by atoms with Gasteiger partial charge in [0.05, 0.1) is 24.2 Å². The van der Waals surface area contributed by atoms with Gasteiger partial charge in [-0.3, -0.25) is 4.79 Å². The van der Waals surface area contributed by atoms with Crippen LogP contribution in [-0.2, 0) is 16.1 Å². The van der Waals surface area contributed by atoms with Crippen molar-refractivity contribution in [2.75, 3.05) is 6.61 Å². The highest BCUT2D eigenvalue weighted by Crippen LogP contribution is 2.45. The van der Waals surface area contributed by atoms with Crippen LogP contribution in [0.4, 0.5) is 0 Å². The van der Waals surface area contributed by atoms with Crippen LogP contribution in [0.15, 0.2) is 65.3 Å². The first kappa shape index (κ1) is 22.0. The molecule has 0 radical (unpaired) electrons. The maximum absolute atomic E-state index is 12.8. The number of rotatable bonds is 6. The number of benzene rings is 2. The number of nitriles is 2. The number of ether oxygens (including phenoxy) is 3. The van der Waals surface area contributed by atoms with Crippen LogP contribution >= 0.6 is 0 Å². The Labute approximate surface area is 192 Å². The monoisotopic (exact) mass is 441 g/mol. The molecule has 1 heterocycles. The number of allylic oxidation sites excluding steroid dienone is 3. The van der Waals surface area contributed by atoms with Gasteiger partial charge in [0, 0.05) is 24.0 Å². The quantitative estimate of drug-likeness (QED) is 0.708. The van der Waals surface area contributed by atoms with E-state index in [0.717, 1.165) is 5.56 Å². The van der Waals surface area contributed by atoms with E-state index in [1.54, 1.807) is 30.3 Å². The first-order valence-corrected chi connectivity index (χ1v) is 10.8. The van der Waals surface area contributed by atoms with E-state index in [0.29, 0.717) is 59.8 Å². The first-order valence-electron chi connectivity index (χ1n) is 10.8. The fraction of sp³-hybridized carbons (Fsp3) is 0.269. The number of Topliss-reactive ketones (excluding diaryl/α,β-unsaturated/α-hetero) is 1. The molecule has 0 saturated carbocycles. The summed E-state index contributed by atoms with van der Waals surface area (Å²) in [5.74, 6) is 0.908. The van der Waals surface area contributed by atoms with Crippen LogP contribution < -0.4 is 15.2 Å². The summed E-state index contributed by atoms with van der Waals surface area (Å²) in [4.78, 5) is 12.8. The second kappa shape index (κ2) is 9.50. The van der Waals surface area contributed by atoms with E-state index in [1.165, 1.54) is 0 Å². The maximum Gasteiger partial charge on any atom is 0.205 e. The lowest BCUT2D eigenvalue weighted by Crippen LogP contribution is -2.27. The summed E-state index contributed by atoms with van der Waals surface area (Å²) >= 11 is 0. The van der Waals surface area contributed by atoms with Gasteiger partial charge in [-0.05, 0) is 37.1 Å². The molecule has 2 aromatic carbocycles. The van der Waals surface area contributed by atoms with Crippen LogP contribution in [0, 0.1) is 22.7 Å². The van der Waals surface area contributed by atoms with Crippen molar-refractivity contribution in [2.24, 2.45) is 5.73 Å². The highest BCUT2D eigenvalue weighted by atomic mass is 16.5. The molecule has 7 nitrogen and oxygen atoms in total. The highest BCUT2D eigenvalue weighted by molar-refractivity contribution is 5.99. The Balaban J connectivity index is 1.71. The standard InChI is InChI=1S/C26H23N3O4/c1-2-31-23-12-16(10-11-21(23)32-15-18-7-4-3-6-17(18)13-27)24-19(14-28)26(29)33-22-9-5-8-20(30)25(22)24/h3-4,6-7,10-12,24H,2,5,8-9,15,29H2,1H3/t24-/m1/s1. The molecule has 7 heteroatoms. The number of nitrogens with two attached hydrogens (primary N) is 1. The van der Waals surface area contributed by atoms with Crippen LogP contribution in [0.3, 0.4) is 0 Å². The van der Waals surface area contributed by atoms with Gasteiger partial charge in [0.25, 0.3) is 0 Å². The Morgan fingerprint density at radius 2 is 1.91 bits per heavy atom. The van der Waals surface area contributed by atoms with Gasteiger partial charge in [0.15, 0.2) is 17.3 Å². The van der Waals surface area contributed by atoms with E-state index in [2.05, 4.69) is 12.1 Å². The van der Waals surface area contributed by atoms with Crippen LogP contribution in [0.25, 0.3) is 0 Å². The van der Waals surface area contributed by atoms with Crippen LogP contribution in [0.5, 0.6) is 11.5 Å². The molecule has 33 heavy (non-hydrogen) atoms. The Hall–Kier alpha value is -4.23.